The largest absolute Gasteiger partial charge is 0.389 e. The standard InChI is InChI=1S/C12H17FN2OS/c1-3-16-7-8(2)15-9-4-5-10(12(14)17)11(13)6-9/h4-6,8,15H,3,7H2,1-2H3,(H2,14,17). The van der Waals surface area contributed by atoms with Gasteiger partial charge in [-0.1, -0.05) is 12.2 Å². The highest BCUT2D eigenvalue weighted by molar-refractivity contribution is 7.80. The third kappa shape index (κ3) is 4.28. The van der Waals surface area contributed by atoms with Gasteiger partial charge in [-0.05, 0) is 32.0 Å². The van der Waals surface area contributed by atoms with Crippen LogP contribution in [-0.4, -0.2) is 24.2 Å². The van der Waals surface area contributed by atoms with Crippen LogP contribution in [-0.2, 0) is 4.74 Å². The number of benzene rings is 1. The van der Waals surface area contributed by atoms with Crippen LogP contribution in [0.1, 0.15) is 19.4 Å². The van der Waals surface area contributed by atoms with Crippen LogP contribution in [0.25, 0.3) is 0 Å². The molecule has 1 unspecified atom stereocenters. The lowest BCUT2D eigenvalue weighted by Crippen LogP contribution is -2.22. The SMILES string of the molecule is CCOCC(C)Nc1ccc(C(N)=S)c(F)c1. The zero-order chi connectivity index (χ0) is 12.8. The molecule has 94 valence electrons. The van der Waals surface area contributed by atoms with E-state index in [4.69, 9.17) is 22.7 Å². The van der Waals surface area contributed by atoms with Gasteiger partial charge in [-0.25, -0.2) is 4.39 Å². The average molecular weight is 256 g/mol. The van der Waals surface area contributed by atoms with Crippen molar-refractivity contribution in [2.24, 2.45) is 5.73 Å². The molecule has 1 atom stereocenters. The van der Waals surface area contributed by atoms with Crippen molar-refractivity contribution in [2.75, 3.05) is 18.5 Å². The molecule has 0 bridgehead atoms. The maximum Gasteiger partial charge on any atom is 0.135 e. The molecule has 1 rings (SSSR count). The lowest BCUT2D eigenvalue weighted by atomic mass is 10.2. The van der Waals surface area contributed by atoms with Gasteiger partial charge >= 0.3 is 0 Å². The zero-order valence-corrected chi connectivity index (χ0v) is 10.8. The Labute approximate surface area is 106 Å². The van der Waals surface area contributed by atoms with Crippen molar-refractivity contribution in [1.82, 2.24) is 0 Å². The van der Waals surface area contributed by atoms with Gasteiger partial charge < -0.3 is 15.8 Å². The molecule has 0 aliphatic heterocycles. The Morgan fingerprint density at radius 2 is 2.29 bits per heavy atom. The van der Waals surface area contributed by atoms with Gasteiger partial charge in [0.25, 0.3) is 0 Å². The van der Waals surface area contributed by atoms with Crippen molar-refractivity contribution < 1.29 is 9.13 Å². The molecule has 0 spiro atoms. The summed E-state index contributed by atoms with van der Waals surface area (Å²) in [6, 6.07) is 4.83. The molecule has 0 amide bonds. The number of thiocarbonyl (C=S) groups is 1. The van der Waals surface area contributed by atoms with Crippen molar-refractivity contribution in [3.8, 4) is 0 Å². The van der Waals surface area contributed by atoms with E-state index in [2.05, 4.69) is 5.32 Å². The first-order valence-electron chi connectivity index (χ1n) is 5.48. The highest BCUT2D eigenvalue weighted by Gasteiger charge is 2.07. The topological polar surface area (TPSA) is 47.3 Å². The van der Waals surface area contributed by atoms with E-state index in [0.717, 1.165) is 0 Å². The highest BCUT2D eigenvalue weighted by Crippen LogP contribution is 2.15. The summed E-state index contributed by atoms with van der Waals surface area (Å²) in [7, 11) is 0. The monoisotopic (exact) mass is 256 g/mol. The molecule has 0 aliphatic carbocycles. The maximum atomic E-state index is 13.6. The molecule has 0 aromatic heterocycles. The normalized spacial score (nSPS) is 12.2. The molecular formula is C12H17FN2OS. The van der Waals surface area contributed by atoms with E-state index < -0.39 is 5.82 Å². The van der Waals surface area contributed by atoms with Gasteiger partial charge in [0.05, 0.1) is 6.61 Å². The molecule has 5 heteroatoms. The molecule has 1 aromatic carbocycles. The minimum Gasteiger partial charge on any atom is -0.389 e. The Hall–Kier alpha value is -1.20. The third-order valence-electron chi connectivity index (χ3n) is 2.22. The van der Waals surface area contributed by atoms with Crippen molar-refractivity contribution in [1.29, 1.82) is 0 Å². The van der Waals surface area contributed by atoms with Crippen LogP contribution < -0.4 is 11.1 Å². The first-order valence-corrected chi connectivity index (χ1v) is 5.89. The van der Waals surface area contributed by atoms with Gasteiger partial charge in [-0.2, -0.15) is 0 Å². The Kier molecular flexibility index (Phi) is 5.31. The number of hydrogen-bond acceptors (Lipinski definition) is 3. The number of nitrogens with two attached hydrogens (primary N) is 1. The van der Waals surface area contributed by atoms with Crippen LogP contribution in [0.3, 0.4) is 0 Å². The quantitative estimate of drug-likeness (QED) is 0.767. The van der Waals surface area contributed by atoms with Gasteiger partial charge in [0.15, 0.2) is 0 Å². The predicted octanol–water partition coefficient (Wildman–Crippen LogP) is 2.30. The fourth-order valence-electron chi connectivity index (χ4n) is 1.43. The second-order valence-electron chi connectivity index (χ2n) is 3.76. The zero-order valence-electron chi connectivity index (χ0n) is 10.00. The molecule has 3 nitrogen and oxygen atoms in total. The van der Waals surface area contributed by atoms with Gasteiger partial charge in [-0.3, -0.25) is 0 Å². The molecule has 0 saturated carbocycles. The van der Waals surface area contributed by atoms with Crippen LogP contribution >= 0.6 is 12.2 Å². The van der Waals surface area contributed by atoms with Crippen LogP contribution in [0.4, 0.5) is 10.1 Å². The molecule has 0 fully saturated rings. The number of hydrogen-bond donors (Lipinski definition) is 2. The van der Waals surface area contributed by atoms with Crippen LogP contribution in [0.2, 0.25) is 0 Å². The fraction of sp³-hybridized carbons (Fsp3) is 0.417. The highest BCUT2D eigenvalue weighted by atomic mass is 32.1. The number of rotatable bonds is 6. The second kappa shape index (κ2) is 6.51. The Morgan fingerprint density at radius 3 is 2.82 bits per heavy atom. The minimum atomic E-state index is -0.411. The van der Waals surface area contributed by atoms with E-state index in [-0.39, 0.29) is 16.6 Å². The molecule has 0 saturated heterocycles. The Morgan fingerprint density at radius 1 is 1.59 bits per heavy atom. The number of anilines is 1. The van der Waals surface area contributed by atoms with E-state index in [1.165, 1.54) is 6.07 Å². The third-order valence-corrected chi connectivity index (χ3v) is 2.44. The maximum absolute atomic E-state index is 13.6. The molecule has 0 aliphatic rings. The molecule has 3 N–H and O–H groups in total. The van der Waals surface area contributed by atoms with Crippen molar-refractivity contribution in [2.45, 2.75) is 19.9 Å². The van der Waals surface area contributed by atoms with Crippen LogP contribution in [0, 0.1) is 5.82 Å². The van der Waals surface area contributed by atoms with Crippen molar-refractivity contribution in [3.63, 3.8) is 0 Å². The number of nitrogens with one attached hydrogen (secondary N) is 1. The van der Waals surface area contributed by atoms with E-state index in [9.17, 15) is 4.39 Å². The first kappa shape index (κ1) is 13.9. The summed E-state index contributed by atoms with van der Waals surface area (Å²) in [6.45, 7) is 5.15. The average Bonchev–Trinajstić information content (AvgIpc) is 2.26. The lowest BCUT2D eigenvalue weighted by molar-refractivity contribution is 0.141. The molecule has 0 radical (unpaired) electrons. The fourth-order valence-corrected chi connectivity index (χ4v) is 1.59. The van der Waals surface area contributed by atoms with E-state index in [0.29, 0.717) is 18.9 Å². The summed E-state index contributed by atoms with van der Waals surface area (Å²) >= 11 is 4.74. The minimum absolute atomic E-state index is 0.0661. The number of ether oxygens (including phenoxy) is 1. The molecule has 0 heterocycles. The van der Waals surface area contributed by atoms with E-state index >= 15 is 0 Å². The van der Waals surface area contributed by atoms with E-state index in [1.54, 1.807) is 12.1 Å². The summed E-state index contributed by atoms with van der Waals surface area (Å²) in [6.07, 6.45) is 0. The second-order valence-corrected chi connectivity index (χ2v) is 4.20. The smallest absolute Gasteiger partial charge is 0.135 e. The summed E-state index contributed by atoms with van der Waals surface area (Å²) in [5.74, 6) is -0.411. The van der Waals surface area contributed by atoms with Gasteiger partial charge in [0.2, 0.25) is 0 Å². The summed E-state index contributed by atoms with van der Waals surface area (Å²) in [5, 5.41) is 3.13. The summed E-state index contributed by atoms with van der Waals surface area (Å²) in [4.78, 5) is 0.0661. The molecular weight excluding hydrogens is 239 g/mol. The van der Waals surface area contributed by atoms with Crippen molar-refractivity contribution >= 4 is 22.9 Å². The summed E-state index contributed by atoms with van der Waals surface area (Å²) < 4.78 is 18.8. The number of halogens is 1. The van der Waals surface area contributed by atoms with Crippen LogP contribution in [0.15, 0.2) is 18.2 Å². The molecule has 17 heavy (non-hydrogen) atoms. The first-order chi connectivity index (χ1) is 8.04. The van der Waals surface area contributed by atoms with Gasteiger partial charge in [-0.15, -0.1) is 0 Å². The summed E-state index contributed by atoms with van der Waals surface area (Å²) in [5.41, 5.74) is 6.34. The van der Waals surface area contributed by atoms with Crippen molar-refractivity contribution in [3.05, 3.63) is 29.6 Å². The van der Waals surface area contributed by atoms with Crippen LogP contribution in [0.5, 0.6) is 0 Å². The Balaban J connectivity index is 2.67. The lowest BCUT2D eigenvalue weighted by Gasteiger charge is -2.15. The van der Waals surface area contributed by atoms with Gasteiger partial charge in [0, 0.05) is 23.9 Å². The van der Waals surface area contributed by atoms with E-state index in [1.807, 2.05) is 13.8 Å². The van der Waals surface area contributed by atoms with Gasteiger partial charge in [0.1, 0.15) is 10.8 Å². The Bertz CT molecular complexity index is 398. The molecule has 1 aromatic rings. The predicted molar refractivity (Wildman–Crippen MR) is 71.9 cm³/mol.